The van der Waals surface area contributed by atoms with E-state index in [-0.39, 0.29) is 5.91 Å². The van der Waals surface area contributed by atoms with Gasteiger partial charge in [-0.2, -0.15) is 5.10 Å². The summed E-state index contributed by atoms with van der Waals surface area (Å²) in [4.78, 5) is 12.0. The van der Waals surface area contributed by atoms with E-state index in [0.29, 0.717) is 17.7 Å². The van der Waals surface area contributed by atoms with Crippen LogP contribution in [0.5, 0.6) is 0 Å². The van der Waals surface area contributed by atoms with Crippen LogP contribution in [0.2, 0.25) is 0 Å². The highest BCUT2D eigenvalue weighted by molar-refractivity contribution is 5.97. The Bertz CT molecular complexity index is 418. The van der Waals surface area contributed by atoms with Crippen LogP contribution < -0.4 is 11.1 Å². The van der Waals surface area contributed by atoms with Crippen LogP contribution in [0.4, 0.5) is 5.82 Å². The molecule has 1 aliphatic rings. The topological polar surface area (TPSA) is 83.8 Å². The number of nitrogens with zero attached hydrogens (tertiary/aromatic N) is 1. The van der Waals surface area contributed by atoms with Crippen molar-refractivity contribution in [3.05, 3.63) is 11.8 Å². The Morgan fingerprint density at radius 3 is 2.76 bits per heavy atom. The molecule has 1 amide bonds. The fourth-order valence-electron chi connectivity index (χ4n) is 1.82. The maximum Gasteiger partial charge on any atom is 0.245 e. The van der Waals surface area contributed by atoms with Crippen LogP contribution in [0, 0.1) is 5.92 Å². The maximum atomic E-state index is 12.0. The minimum Gasteiger partial charge on any atom is -0.317 e. The van der Waals surface area contributed by atoms with Crippen LogP contribution in [-0.2, 0) is 4.79 Å². The molecule has 1 aromatic rings. The van der Waals surface area contributed by atoms with Crippen molar-refractivity contribution in [1.82, 2.24) is 10.2 Å². The molecule has 94 valence electrons. The zero-order valence-electron chi connectivity index (χ0n) is 10.6. The highest BCUT2D eigenvalue weighted by Crippen LogP contribution is 2.38. The van der Waals surface area contributed by atoms with Gasteiger partial charge in [0, 0.05) is 11.8 Å². The number of hydrogen-bond acceptors (Lipinski definition) is 3. The lowest BCUT2D eigenvalue weighted by molar-refractivity contribution is -0.121. The van der Waals surface area contributed by atoms with Gasteiger partial charge in [-0.15, -0.1) is 0 Å². The summed E-state index contributed by atoms with van der Waals surface area (Å²) in [6.45, 7) is 5.92. The minimum atomic E-state index is -0.781. The fraction of sp³-hybridized carbons (Fsp3) is 0.667. The number of carbonyl (C=O) groups is 1. The molecule has 2 rings (SSSR count). The number of anilines is 1. The first kappa shape index (κ1) is 12.1. The van der Waals surface area contributed by atoms with E-state index in [1.807, 2.05) is 6.07 Å². The van der Waals surface area contributed by atoms with Crippen LogP contribution in [0.3, 0.4) is 0 Å². The first-order valence-corrected chi connectivity index (χ1v) is 6.07. The minimum absolute atomic E-state index is 0.151. The third-order valence-electron chi connectivity index (χ3n) is 3.38. The lowest BCUT2D eigenvalue weighted by atomic mass is 9.96. The van der Waals surface area contributed by atoms with E-state index in [0.717, 1.165) is 18.5 Å². The van der Waals surface area contributed by atoms with Gasteiger partial charge >= 0.3 is 0 Å². The number of amides is 1. The second kappa shape index (κ2) is 4.14. The van der Waals surface area contributed by atoms with Gasteiger partial charge in [0.05, 0.1) is 5.54 Å². The van der Waals surface area contributed by atoms with E-state index in [1.165, 1.54) is 0 Å². The average Bonchev–Trinajstić information content (AvgIpc) is 3.00. The van der Waals surface area contributed by atoms with Gasteiger partial charge in [0.15, 0.2) is 5.82 Å². The highest BCUT2D eigenvalue weighted by atomic mass is 16.2. The smallest absolute Gasteiger partial charge is 0.245 e. The van der Waals surface area contributed by atoms with Crippen LogP contribution in [0.25, 0.3) is 0 Å². The van der Waals surface area contributed by atoms with Gasteiger partial charge in [0.1, 0.15) is 0 Å². The van der Waals surface area contributed by atoms with Crippen molar-refractivity contribution >= 4 is 11.7 Å². The van der Waals surface area contributed by atoms with E-state index in [4.69, 9.17) is 5.73 Å². The zero-order chi connectivity index (χ0) is 12.6. The molecule has 5 nitrogen and oxygen atoms in total. The molecule has 0 saturated heterocycles. The van der Waals surface area contributed by atoms with E-state index in [1.54, 1.807) is 6.92 Å². The monoisotopic (exact) mass is 236 g/mol. The lowest BCUT2D eigenvalue weighted by Gasteiger charge is -2.22. The Morgan fingerprint density at radius 1 is 1.65 bits per heavy atom. The zero-order valence-corrected chi connectivity index (χ0v) is 10.6. The number of nitrogens with one attached hydrogen (secondary N) is 2. The summed E-state index contributed by atoms with van der Waals surface area (Å²) in [5.41, 5.74) is 6.25. The molecule has 1 fully saturated rings. The van der Waals surface area contributed by atoms with E-state index in [2.05, 4.69) is 29.4 Å². The van der Waals surface area contributed by atoms with Gasteiger partial charge in [0.2, 0.25) is 5.91 Å². The molecule has 17 heavy (non-hydrogen) atoms. The standard InChI is InChI=1S/C12H20N4O/c1-7(2)9-6-10(16-15-9)14-11(17)12(3,13)8-4-5-8/h6-8H,4-5,13H2,1-3H3,(H2,14,15,16,17). The first-order valence-electron chi connectivity index (χ1n) is 6.07. The summed E-state index contributed by atoms with van der Waals surface area (Å²) in [6, 6.07) is 1.85. The van der Waals surface area contributed by atoms with Crippen molar-refractivity contribution in [1.29, 1.82) is 0 Å². The molecule has 0 aromatic carbocycles. The quantitative estimate of drug-likeness (QED) is 0.742. The van der Waals surface area contributed by atoms with Crippen LogP contribution in [0.15, 0.2) is 6.07 Å². The van der Waals surface area contributed by atoms with Crippen LogP contribution >= 0.6 is 0 Å². The van der Waals surface area contributed by atoms with Crippen molar-refractivity contribution in [3.8, 4) is 0 Å². The Balaban J connectivity index is 2.02. The van der Waals surface area contributed by atoms with Gasteiger partial charge < -0.3 is 11.1 Å². The van der Waals surface area contributed by atoms with Gasteiger partial charge in [-0.25, -0.2) is 0 Å². The number of aromatic amines is 1. The highest BCUT2D eigenvalue weighted by Gasteiger charge is 2.44. The Morgan fingerprint density at radius 2 is 2.29 bits per heavy atom. The third-order valence-corrected chi connectivity index (χ3v) is 3.38. The van der Waals surface area contributed by atoms with Gasteiger partial charge in [0.25, 0.3) is 0 Å². The van der Waals surface area contributed by atoms with Crippen LogP contribution in [-0.4, -0.2) is 21.6 Å². The predicted molar refractivity (Wildman–Crippen MR) is 66.6 cm³/mol. The molecule has 1 atom stereocenters. The van der Waals surface area contributed by atoms with Crippen molar-refractivity contribution in [3.63, 3.8) is 0 Å². The molecule has 0 aliphatic heterocycles. The molecule has 1 aliphatic carbocycles. The Labute approximate surface area is 101 Å². The molecule has 1 heterocycles. The molecule has 0 spiro atoms. The predicted octanol–water partition coefficient (Wildman–Crippen LogP) is 1.60. The molecule has 1 unspecified atom stereocenters. The number of carbonyl (C=O) groups excluding carboxylic acids is 1. The molecule has 4 N–H and O–H groups in total. The number of hydrogen-bond donors (Lipinski definition) is 3. The molecular formula is C12H20N4O. The summed E-state index contributed by atoms with van der Waals surface area (Å²) < 4.78 is 0. The molecular weight excluding hydrogens is 216 g/mol. The van der Waals surface area contributed by atoms with Crippen LogP contribution in [0.1, 0.15) is 45.2 Å². The van der Waals surface area contributed by atoms with Crippen molar-refractivity contribution in [2.24, 2.45) is 11.7 Å². The summed E-state index contributed by atoms with van der Waals surface area (Å²) >= 11 is 0. The average molecular weight is 236 g/mol. The number of nitrogens with two attached hydrogens (primary N) is 1. The van der Waals surface area contributed by atoms with Crippen molar-refractivity contribution in [2.45, 2.75) is 45.1 Å². The summed E-state index contributed by atoms with van der Waals surface area (Å²) in [5, 5.41) is 9.73. The number of H-pyrrole nitrogens is 1. The fourth-order valence-corrected chi connectivity index (χ4v) is 1.82. The third kappa shape index (κ3) is 2.49. The SMILES string of the molecule is CC(C)c1cc(NC(=O)C(C)(N)C2CC2)n[nH]1. The van der Waals surface area contributed by atoms with Gasteiger partial charge in [-0.3, -0.25) is 9.89 Å². The molecule has 1 aromatic heterocycles. The maximum absolute atomic E-state index is 12.0. The second-order valence-corrected chi connectivity index (χ2v) is 5.37. The molecule has 0 bridgehead atoms. The van der Waals surface area contributed by atoms with Gasteiger partial charge in [-0.1, -0.05) is 13.8 Å². The van der Waals surface area contributed by atoms with Crippen molar-refractivity contribution in [2.75, 3.05) is 5.32 Å². The summed E-state index contributed by atoms with van der Waals surface area (Å²) in [5.74, 6) is 1.07. The van der Waals surface area contributed by atoms with E-state index < -0.39 is 5.54 Å². The Hall–Kier alpha value is -1.36. The molecule has 0 radical (unpaired) electrons. The summed E-state index contributed by atoms with van der Waals surface area (Å²) in [6.07, 6.45) is 2.08. The van der Waals surface area contributed by atoms with E-state index >= 15 is 0 Å². The van der Waals surface area contributed by atoms with E-state index in [9.17, 15) is 4.79 Å². The lowest BCUT2D eigenvalue weighted by Crippen LogP contribution is -2.50. The normalized spacial score (nSPS) is 19.1. The molecule has 5 heteroatoms. The van der Waals surface area contributed by atoms with Crippen molar-refractivity contribution < 1.29 is 4.79 Å². The largest absolute Gasteiger partial charge is 0.317 e. The van der Waals surface area contributed by atoms with Gasteiger partial charge in [-0.05, 0) is 31.6 Å². The Kier molecular flexibility index (Phi) is 2.95. The number of rotatable bonds is 4. The number of aromatic nitrogens is 2. The second-order valence-electron chi connectivity index (χ2n) is 5.37. The summed E-state index contributed by atoms with van der Waals surface area (Å²) in [7, 11) is 0. The molecule has 1 saturated carbocycles. The first-order chi connectivity index (χ1) is 7.91.